The summed E-state index contributed by atoms with van der Waals surface area (Å²) < 4.78 is 27.3. The summed E-state index contributed by atoms with van der Waals surface area (Å²) in [6.45, 7) is 0.395. The molecule has 0 amide bonds. The normalized spacial score (nSPS) is 22.9. The Kier molecular flexibility index (Phi) is 5.50. The zero-order valence-electron chi connectivity index (χ0n) is 16.1. The minimum absolute atomic E-state index is 0.114. The van der Waals surface area contributed by atoms with Gasteiger partial charge in [0.2, 0.25) is 0 Å². The molecule has 0 saturated heterocycles. The summed E-state index contributed by atoms with van der Waals surface area (Å²) in [7, 11) is 3.17. The second kappa shape index (κ2) is 8.20. The first-order valence-electron chi connectivity index (χ1n) is 9.35. The molecule has 1 aliphatic carbocycles. The van der Waals surface area contributed by atoms with Crippen molar-refractivity contribution in [2.24, 2.45) is 5.92 Å². The van der Waals surface area contributed by atoms with Crippen LogP contribution in [0.4, 0.5) is 0 Å². The van der Waals surface area contributed by atoms with Gasteiger partial charge in [-0.05, 0) is 35.9 Å². The molecule has 0 aromatic heterocycles. The van der Waals surface area contributed by atoms with Gasteiger partial charge >= 0.3 is 0 Å². The number of ether oxygens (including phenoxy) is 5. The van der Waals surface area contributed by atoms with Crippen molar-refractivity contribution in [2.45, 2.75) is 24.9 Å². The molecule has 1 aliphatic heterocycles. The quantitative estimate of drug-likeness (QED) is 0.676. The van der Waals surface area contributed by atoms with Gasteiger partial charge in [0.1, 0.15) is 29.1 Å². The molecule has 4 rings (SSSR count). The Hall–Kier alpha value is -2.57. The molecule has 0 bridgehead atoms. The molecule has 3 atom stereocenters. The van der Waals surface area contributed by atoms with Crippen molar-refractivity contribution in [1.29, 1.82) is 0 Å². The van der Waals surface area contributed by atoms with E-state index in [0.717, 1.165) is 28.4 Å². The smallest absolute Gasteiger partial charge is 0.188 e. The van der Waals surface area contributed by atoms with E-state index >= 15 is 0 Å². The topological polar surface area (TPSA) is 63.2 Å². The summed E-state index contributed by atoms with van der Waals surface area (Å²) >= 11 is 0. The minimum Gasteiger partial charge on any atom is -0.485 e. The summed E-state index contributed by atoms with van der Waals surface area (Å²) in [5, 5.41) is 0. The number of fused-ring (bicyclic) bond motifs is 3. The summed E-state index contributed by atoms with van der Waals surface area (Å²) in [6.07, 6.45) is 0.909. The summed E-state index contributed by atoms with van der Waals surface area (Å²) in [6, 6.07) is 13.6. The molecule has 2 aliphatic rings. The lowest BCUT2D eigenvalue weighted by Crippen LogP contribution is -2.26. The van der Waals surface area contributed by atoms with Crippen molar-refractivity contribution in [3.63, 3.8) is 0 Å². The fourth-order valence-corrected chi connectivity index (χ4v) is 4.10. The third-order valence-corrected chi connectivity index (χ3v) is 5.35. The molecule has 6 nitrogen and oxygen atoms in total. The lowest BCUT2D eigenvalue weighted by molar-refractivity contribution is -0.117. The number of carbonyl (C=O) groups excluding carboxylic acids is 1. The first-order valence-corrected chi connectivity index (χ1v) is 9.35. The Morgan fingerprint density at radius 1 is 0.929 bits per heavy atom. The van der Waals surface area contributed by atoms with Gasteiger partial charge in [0, 0.05) is 44.5 Å². The van der Waals surface area contributed by atoms with Gasteiger partial charge in [-0.15, -0.1) is 0 Å². The Morgan fingerprint density at radius 3 is 2.32 bits per heavy atom. The summed E-state index contributed by atoms with van der Waals surface area (Å²) in [5.41, 5.74) is 2.08. The molecule has 0 radical (unpaired) electrons. The number of Topliss-reactive ketones (excluding diaryl/α,β-unsaturated/α-hetero) is 1. The molecule has 1 saturated carbocycles. The number of benzene rings is 2. The SMILES string of the molecule is COCOc1ccc([C@H]2Oc3ccc(OCOC)cc3[C@H]3CC(=O)CC32)cc1. The van der Waals surface area contributed by atoms with Gasteiger partial charge in [0.15, 0.2) is 13.6 Å². The van der Waals surface area contributed by atoms with Crippen LogP contribution in [-0.2, 0) is 14.3 Å². The zero-order chi connectivity index (χ0) is 19.5. The van der Waals surface area contributed by atoms with E-state index in [9.17, 15) is 4.79 Å². The van der Waals surface area contributed by atoms with Crippen LogP contribution in [0, 0.1) is 5.92 Å². The fourth-order valence-electron chi connectivity index (χ4n) is 4.10. The van der Waals surface area contributed by atoms with Crippen molar-refractivity contribution >= 4 is 5.78 Å². The van der Waals surface area contributed by atoms with Crippen molar-refractivity contribution in [3.05, 3.63) is 53.6 Å². The zero-order valence-corrected chi connectivity index (χ0v) is 16.1. The van der Waals surface area contributed by atoms with Crippen LogP contribution >= 0.6 is 0 Å². The minimum atomic E-state index is -0.161. The Morgan fingerprint density at radius 2 is 1.61 bits per heavy atom. The Labute approximate surface area is 164 Å². The van der Waals surface area contributed by atoms with Crippen molar-refractivity contribution < 1.29 is 28.5 Å². The molecule has 148 valence electrons. The highest BCUT2D eigenvalue weighted by Gasteiger charge is 2.45. The molecular weight excluding hydrogens is 360 g/mol. The molecular formula is C22H24O6. The number of hydrogen-bond donors (Lipinski definition) is 0. The monoisotopic (exact) mass is 384 g/mol. The van der Waals surface area contributed by atoms with E-state index in [4.69, 9.17) is 23.7 Å². The number of rotatable bonds is 7. The van der Waals surface area contributed by atoms with E-state index < -0.39 is 0 Å². The van der Waals surface area contributed by atoms with Crippen LogP contribution in [0.3, 0.4) is 0 Å². The first kappa shape index (κ1) is 18.8. The van der Waals surface area contributed by atoms with Crippen LogP contribution in [0.1, 0.15) is 36.0 Å². The molecule has 1 unspecified atom stereocenters. The van der Waals surface area contributed by atoms with Gasteiger partial charge in [-0.2, -0.15) is 0 Å². The standard InChI is InChI=1S/C22H24O6/c1-24-12-26-16-5-3-14(4-6-16)22-20-10-15(23)9-18(20)19-11-17(27-13-25-2)7-8-21(19)28-22/h3-8,11,18,20,22H,9-10,12-13H2,1-2H3/t18-,20?,22-/m1/s1. The van der Waals surface area contributed by atoms with Crippen LogP contribution in [0.25, 0.3) is 0 Å². The molecule has 1 fully saturated rings. The molecule has 6 heteroatoms. The second-order valence-corrected chi connectivity index (χ2v) is 7.13. The van der Waals surface area contributed by atoms with Crippen LogP contribution in [0.2, 0.25) is 0 Å². The van der Waals surface area contributed by atoms with E-state index in [0.29, 0.717) is 12.8 Å². The van der Waals surface area contributed by atoms with E-state index in [1.807, 2.05) is 42.5 Å². The van der Waals surface area contributed by atoms with Gasteiger partial charge < -0.3 is 23.7 Å². The maximum Gasteiger partial charge on any atom is 0.188 e. The average Bonchev–Trinajstić information content (AvgIpc) is 3.12. The first-order chi connectivity index (χ1) is 13.7. The largest absolute Gasteiger partial charge is 0.485 e. The molecule has 2 aromatic carbocycles. The van der Waals surface area contributed by atoms with Gasteiger partial charge in [0.25, 0.3) is 0 Å². The van der Waals surface area contributed by atoms with Gasteiger partial charge in [-0.1, -0.05) is 12.1 Å². The van der Waals surface area contributed by atoms with E-state index in [1.165, 1.54) is 0 Å². The number of ketones is 1. The third kappa shape index (κ3) is 3.70. The molecule has 0 spiro atoms. The molecule has 28 heavy (non-hydrogen) atoms. The maximum absolute atomic E-state index is 12.3. The van der Waals surface area contributed by atoms with E-state index in [-0.39, 0.29) is 37.3 Å². The maximum atomic E-state index is 12.3. The third-order valence-electron chi connectivity index (χ3n) is 5.35. The van der Waals surface area contributed by atoms with Crippen molar-refractivity contribution in [2.75, 3.05) is 27.8 Å². The highest BCUT2D eigenvalue weighted by Crippen LogP contribution is 2.53. The molecule has 1 heterocycles. The highest BCUT2D eigenvalue weighted by molar-refractivity contribution is 5.83. The number of carbonyl (C=O) groups is 1. The Balaban J connectivity index is 1.61. The van der Waals surface area contributed by atoms with Gasteiger partial charge in [-0.25, -0.2) is 0 Å². The Bertz CT molecular complexity index is 831. The van der Waals surface area contributed by atoms with Crippen molar-refractivity contribution in [1.82, 2.24) is 0 Å². The predicted molar refractivity (Wildman–Crippen MR) is 102 cm³/mol. The molecule has 0 N–H and O–H groups in total. The van der Waals surface area contributed by atoms with Gasteiger partial charge in [-0.3, -0.25) is 4.79 Å². The van der Waals surface area contributed by atoms with Crippen LogP contribution in [0.15, 0.2) is 42.5 Å². The lowest BCUT2D eigenvalue weighted by atomic mass is 9.80. The number of hydrogen-bond acceptors (Lipinski definition) is 6. The summed E-state index contributed by atoms with van der Waals surface area (Å²) in [4.78, 5) is 12.3. The van der Waals surface area contributed by atoms with Crippen LogP contribution < -0.4 is 14.2 Å². The van der Waals surface area contributed by atoms with Gasteiger partial charge in [0.05, 0.1) is 0 Å². The number of methoxy groups -OCH3 is 2. The van der Waals surface area contributed by atoms with E-state index in [2.05, 4.69) is 0 Å². The fraction of sp³-hybridized carbons (Fsp3) is 0.409. The van der Waals surface area contributed by atoms with E-state index in [1.54, 1.807) is 14.2 Å². The predicted octanol–water partition coefficient (Wildman–Crippen LogP) is 3.85. The summed E-state index contributed by atoms with van der Waals surface area (Å²) in [5.74, 6) is 2.80. The van der Waals surface area contributed by atoms with Crippen molar-refractivity contribution in [3.8, 4) is 17.2 Å². The van der Waals surface area contributed by atoms with Crippen LogP contribution in [0.5, 0.6) is 17.2 Å². The van der Waals surface area contributed by atoms with Crippen LogP contribution in [-0.4, -0.2) is 33.6 Å². The average molecular weight is 384 g/mol. The highest BCUT2D eigenvalue weighted by atomic mass is 16.7. The lowest BCUT2D eigenvalue weighted by Gasteiger charge is -2.36. The molecule has 2 aromatic rings. The second-order valence-electron chi connectivity index (χ2n) is 7.13.